The topological polar surface area (TPSA) is 67.4 Å². The molecule has 2 rings (SSSR count). The lowest BCUT2D eigenvalue weighted by molar-refractivity contribution is 0.0373. The standard InChI is InChI=1S/C19H32N4O3.HI/c1-4-20-19(21-9-5-6-10-23-11-13-26-14-12-23)22-16-7-8-17(24-2)18(15-16)25-3;/h7-8,15H,4-6,9-14H2,1-3H3,(H2,20,21,22);1H. The van der Waals surface area contributed by atoms with Crippen molar-refractivity contribution in [2.24, 2.45) is 4.99 Å². The normalized spacial score (nSPS) is 15.0. The molecule has 0 unspecified atom stereocenters. The Bertz CT molecular complexity index is 566. The van der Waals surface area contributed by atoms with Crippen LogP contribution in [0.25, 0.3) is 0 Å². The summed E-state index contributed by atoms with van der Waals surface area (Å²) in [4.78, 5) is 7.13. The lowest BCUT2D eigenvalue weighted by Gasteiger charge is -2.26. The number of anilines is 1. The van der Waals surface area contributed by atoms with Crippen LogP contribution in [0.15, 0.2) is 23.2 Å². The van der Waals surface area contributed by atoms with E-state index in [2.05, 4.69) is 27.4 Å². The number of methoxy groups -OCH3 is 2. The van der Waals surface area contributed by atoms with Gasteiger partial charge in [-0.2, -0.15) is 0 Å². The van der Waals surface area contributed by atoms with Gasteiger partial charge in [-0.15, -0.1) is 24.0 Å². The second-order valence-corrected chi connectivity index (χ2v) is 6.12. The molecular weight excluding hydrogens is 459 g/mol. The Morgan fingerprint density at radius 2 is 1.89 bits per heavy atom. The minimum Gasteiger partial charge on any atom is -0.493 e. The van der Waals surface area contributed by atoms with Crippen LogP contribution in [0.2, 0.25) is 0 Å². The quantitative estimate of drug-likeness (QED) is 0.239. The van der Waals surface area contributed by atoms with Gasteiger partial charge in [0.1, 0.15) is 0 Å². The maximum Gasteiger partial charge on any atom is 0.195 e. The Morgan fingerprint density at radius 3 is 2.56 bits per heavy atom. The molecular formula is C19H33IN4O3. The Hall–Kier alpha value is -1.26. The van der Waals surface area contributed by atoms with Gasteiger partial charge >= 0.3 is 0 Å². The molecule has 0 aliphatic carbocycles. The highest BCUT2D eigenvalue weighted by Crippen LogP contribution is 2.29. The average Bonchev–Trinajstić information content (AvgIpc) is 2.68. The van der Waals surface area contributed by atoms with E-state index in [0.717, 1.165) is 70.4 Å². The number of guanidine groups is 1. The fraction of sp³-hybridized carbons (Fsp3) is 0.632. The first-order chi connectivity index (χ1) is 12.8. The summed E-state index contributed by atoms with van der Waals surface area (Å²) in [6.45, 7) is 8.61. The summed E-state index contributed by atoms with van der Waals surface area (Å²) in [6, 6.07) is 5.74. The molecule has 0 saturated carbocycles. The van der Waals surface area contributed by atoms with E-state index in [1.54, 1.807) is 14.2 Å². The minimum absolute atomic E-state index is 0. The van der Waals surface area contributed by atoms with Crippen molar-refractivity contribution < 1.29 is 14.2 Å². The van der Waals surface area contributed by atoms with Crippen LogP contribution in [-0.2, 0) is 4.74 Å². The van der Waals surface area contributed by atoms with Gasteiger partial charge in [0.15, 0.2) is 17.5 Å². The predicted molar refractivity (Wildman–Crippen MR) is 121 cm³/mol. The second-order valence-electron chi connectivity index (χ2n) is 6.12. The monoisotopic (exact) mass is 492 g/mol. The molecule has 0 bridgehead atoms. The lowest BCUT2D eigenvalue weighted by atomic mass is 10.2. The van der Waals surface area contributed by atoms with E-state index in [1.165, 1.54) is 0 Å². The van der Waals surface area contributed by atoms with Crippen molar-refractivity contribution in [1.29, 1.82) is 0 Å². The van der Waals surface area contributed by atoms with Crippen molar-refractivity contribution in [3.63, 3.8) is 0 Å². The van der Waals surface area contributed by atoms with Crippen LogP contribution in [0.5, 0.6) is 11.5 Å². The molecule has 1 aromatic carbocycles. The molecule has 0 radical (unpaired) electrons. The first kappa shape index (κ1) is 23.8. The summed E-state index contributed by atoms with van der Waals surface area (Å²) in [5, 5.41) is 6.60. The van der Waals surface area contributed by atoms with Crippen molar-refractivity contribution in [2.75, 3.05) is 65.5 Å². The van der Waals surface area contributed by atoms with Crippen molar-refractivity contribution in [2.45, 2.75) is 19.8 Å². The van der Waals surface area contributed by atoms with Crippen molar-refractivity contribution in [3.8, 4) is 11.5 Å². The molecule has 1 heterocycles. The molecule has 7 nitrogen and oxygen atoms in total. The molecule has 0 atom stereocenters. The van der Waals surface area contributed by atoms with Crippen molar-refractivity contribution in [3.05, 3.63) is 18.2 Å². The summed E-state index contributed by atoms with van der Waals surface area (Å²) in [6.07, 6.45) is 2.22. The number of rotatable bonds is 9. The molecule has 1 fully saturated rings. The number of halogens is 1. The molecule has 1 aliphatic heterocycles. The number of morpholine rings is 1. The number of ether oxygens (including phenoxy) is 3. The number of benzene rings is 1. The third kappa shape index (κ3) is 8.52. The lowest BCUT2D eigenvalue weighted by Crippen LogP contribution is -2.36. The van der Waals surface area contributed by atoms with Gasteiger partial charge in [-0.25, -0.2) is 0 Å². The SMILES string of the molecule is CCNC(=NCCCCN1CCOCC1)Nc1ccc(OC)c(OC)c1.I. The molecule has 1 saturated heterocycles. The molecule has 0 spiro atoms. The van der Waals surface area contributed by atoms with Crippen LogP contribution in [0, 0.1) is 0 Å². The Kier molecular flexibility index (Phi) is 12.2. The van der Waals surface area contributed by atoms with Crippen LogP contribution in [0.1, 0.15) is 19.8 Å². The molecule has 27 heavy (non-hydrogen) atoms. The molecule has 0 aromatic heterocycles. The number of aliphatic imine (C=N–C) groups is 1. The zero-order valence-electron chi connectivity index (χ0n) is 16.6. The van der Waals surface area contributed by atoms with E-state index in [9.17, 15) is 0 Å². The van der Waals surface area contributed by atoms with E-state index in [0.29, 0.717) is 11.5 Å². The smallest absolute Gasteiger partial charge is 0.195 e. The largest absolute Gasteiger partial charge is 0.493 e. The fourth-order valence-corrected chi connectivity index (χ4v) is 2.82. The molecule has 1 aromatic rings. The summed E-state index contributed by atoms with van der Waals surface area (Å²) in [5.74, 6) is 2.19. The van der Waals surface area contributed by atoms with E-state index in [-0.39, 0.29) is 24.0 Å². The van der Waals surface area contributed by atoms with Crippen molar-refractivity contribution >= 4 is 35.6 Å². The zero-order valence-corrected chi connectivity index (χ0v) is 19.0. The third-order valence-corrected chi connectivity index (χ3v) is 4.25. The van der Waals surface area contributed by atoms with E-state index >= 15 is 0 Å². The van der Waals surface area contributed by atoms with Gasteiger partial charge in [0.2, 0.25) is 0 Å². The molecule has 154 valence electrons. The van der Waals surface area contributed by atoms with E-state index in [4.69, 9.17) is 14.2 Å². The highest BCUT2D eigenvalue weighted by Gasteiger charge is 2.09. The first-order valence-electron chi connectivity index (χ1n) is 9.34. The van der Waals surface area contributed by atoms with E-state index in [1.807, 2.05) is 18.2 Å². The number of unbranched alkanes of at least 4 members (excludes halogenated alkanes) is 1. The van der Waals surface area contributed by atoms with Gasteiger partial charge in [0.05, 0.1) is 27.4 Å². The average molecular weight is 492 g/mol. The molecule has 2 N–H and O–H groups in total. The van der Waals surface area contributed by atoms with Crippen LogP contribution in [-0.4, -0.2) is 71.0 Å². The van der Waals surface area contributed by atoms with Crippen LogP contribution in [0.3, 0.4) is 0 Å². The summed E-state index contributed by atoms with van der Waals surface area (Å²) < 4.78 is 16.0. The number of hydrogen-bond donors (Lipinski definition) is 2. The highest BCUT2D eigenvalue weighted by molar-refractivity contribution is 14.0. The van der Waals surface area contributed by atoms with Crippen LogP contribution in [0.4, 0.5) is 5.69 Å². The van der Waals surface area contributed by atoms with Crippen LogP contribution < -0.4 is 20.1 Å². The van der Waals surface area contributed by atoms with Crippen LogP contribution >= 0.6 is 24.0 Å². The van der Waals surface area contributed by atoms with E-state index < -0.39 is 0 Å². The maximum atomic E-state index is 5.38. The van der Waals surface area contributed by atoms with Gasteiger partial charge in [-0.1, -0.05) is 0 Å². The molecule has 1 aliphatic rings. The molecule has 8 heteroatoms. The molecule has 0 amide bonds. The van der Waals surface area contributed by atoms with Crippen molar-refractivity contribution in [1.82, 2.24) is 10.2 Å². The van der Waals surface area contributed by atoms with Gasteiger partial charge in [0, 0.05) is 37.9 Å². The number of nitrogens with one attached hydrogen (secondary N) is 2. The number of nitrogens with zero attached hydrogens (tertiary/aromatic N) is 2. The fourth-order valence-electron chi connectivity index (χ4n) is 2.82. The van der Waals surface area contributed by atoms with Gasteiger partial charge in [-0.05, 0) is 38.4 Å². The summed E-state index contributed by atoms with van der Waals surface area (Å²) in [5.41, 5.74) is 0.913. The van der Waals surface area contributed by atoms with Gasteiger partial charge in [0.25, 0.3) is 0 Å². The second kappa shape index (κ2) is 13.8. The highest BCUT2D eigenvalue weighted by atomic mass is 127. The first-order valence-corrected chi connectivity index (χ1v) is 9.34. The predicted octanol–water partition coefficient (Wildman–Crippen LogP) is 2.81. The van der Waals surface area contributed by atoms with Gasteiger partial charge in [-0.3, -0.25) is 9.89 Å². The minimum atomic E-state index is 0. The number of hydrogen-bond acceptors (Lipinski definition) is 5. The van der Waals surface area contributed by atoms with Gasteiger partial charge < -0.3 is 24.8 Å². The Balaban J connectivity index is 0.00000364. The maximum absolute atomic E-state index is 5.38. The zero-order chi connectivity index (χ0) is 18.6. The Labute approximate surface area is 179 Å². The summed E-state index contributed by atoms with van der Waals surface area (Å²) in [7, 11) is 3.27. The third-order valence-electron chi connectivity index (χ3n) is 4.25. The summed E-state index contributed by atoms with van der Waals surface area (Å²) >= 11 is 0. The Morgan fingerprint density at radius 1 is 1.15 bits per heavy atom.